The Morgan fingerprint density at radius 3 is 2.57 bits per heavy atom. The van der Waals surface area contributed by atoms with E-state index < -0.39 is 10.0 Å². The molecule has 4 nitrogen and oxygen atoms in total. The maximum atomic E-state index is 12.8. The number of hydrogen-bond donors (Lipinski definition) is 1. The Labute approximate surface area is 131 Å². The number of hydrogen-bond acceptors (Lipinski definition) is 3. The Bertz CT molecular complexity index is 772. The van der Waals surface area contributed by atoms with Gasteiger partial charge < -0.3 is 0 Å². The van der Waals surface area contributed by atoms with Gasteiger partial charge in [0.25, 0.3) is 0 Å². The van der Waals surface area contributed by atoms with Gasteiger partial charge in [-0.25, -0.2) is 8.42 Å². The first-order chi connectivity index (χ1) is 9.89. The number of piperidine rings is 1. The number of thiol groups is 1. The largest absolute Gasteiger partial charge is 0.294 e. The molecule has 1 aliphatic rings. The second-order valence-electron chi connectivity index (χ2n) is 5.92. The predicted octanol–water partition coefficient (Wildman–Crippen LogP) is 3.06. The summed E-state index contributed by atoms with van der Waals surface area (Å²) >= 11 is 4.35. The van der Waals surface area contributed by atoms with Crippen LogP contribution < -0.4 is 0 Å². The van der Waals surface area contributed by atoms with Gasteiger partial charge in [-0.3, -0.25) is 3.97 Å². The lowest BCUT2D eigenvalue weighted by Crippen LogP contribution is -2.37. The van der Waals surface area contributed by atoms with E-state index in [9.17, 15) is 8.42 Å². The third kappa shape index (κ3) is 2.60. The molecule has 0 bridgehead atoms. The van der Waals surface area contributed by atoms with Crippen LogP contribution >= 0.6 is 12.8 Å². The third-order valence-corrected chi connectivity index (χ3v) is 6.56. The topological polar surface area (TPSA) is 42.3 Å². The summed E-state index contributed by atoms with van der Waals surface area (Å²) in [6.07, 6.45) is 3.77. The summed E-state index contributed by atoms with van der Waals surface area (Å²) in [6.45, 7) is 5.38. The molecule has 0 unspecified atom stereocenters. The number of benzene rings is 1. The van der Waals surface area contributed by atoms with E-state index in [1.54, 1.807) is 20.4 Å². The van der Waals surface area contributed by atoms with Crippen molar-refractivity contribution in [2.45, 2.75) is 31.6 Å². The van der Waals surface area contributed by atoms with Gasteiger partial charge in [-0.05, 0) is 49.4 Å². The summed E-state index contributed by atoms with van der Waals surface area (Å²) in [5.74, 6) is 0.611. The smallest absolute Gasteiger partial charge is 0.243 e. The molecule has 6 heteroatoms. The van der Waals surface area contributed by atoms with Crippen LogP contribution in [0.2, 0.25) is 0 Å². The van der Waals surface area contributed by atoms with Crippen LogP contribution in [0.1, 0.15) is 25.3 Å². The predicted molar refractivity (Wildman–Crippen MR) is 88.2 cm³/mol. The molecule has 0 amide bonds. The highest BCUT2D eigenvalue weighted by atomic mass is 32.2. The maximum absolute atomic E-state index is 12.8. The lowest BCUT2D eigenvalue weighted by molar-refractivity contribution is 0.288. The minimum Gasteiger partial charge on any atom is -0.294 e. The molecule has 114 valence electrons. The summed E-state index contributed by atoms with van der Waals surface area (Å²) < 4.78 is 28.8. The minimum atomic E-state index is -3.39. The Kier molecular flexibility index (Phi) is 3.80. The van der Waals surface area contributed by atoms with Crippen molar-refractivity contribution in [3.63, 3.8) is 0 Å². The number of nitrogens with zero attached hydrogens (tertiary/aromatic N) is 2. The molecule has 1 aromatic heterocycles. The highest BCUT2D eigenvalue weighted by Crippen LogP contribution is 2.28. The van der Waals surface area contributed by atoms with Crippen molar-refractivity contribution in [1.29, 1.82) is 0 Å². The molecule has 1 saturated heterocycles. The lowest BCUT2D eigenvalue weighted by atomic mass is 10.0. The standard InChI is InChI=1S/C15H20N2O2S2/c1-11-5-7-16(8-6-11)21(18,19)13-3-4-15-14(9-13)12(2)10-17(15)20/h3-4,9-11,20H,5-8H2,1-2H3. The van der Waals surface area contributed by atoms with Gasteiger partial charge in [-0.2, -0.15) is 4.31 Å². The highest BCUT2D eigenvalue weighted by Gasteiger charge is 2.28. The molecule has 3 rings (SSSR count). The summed E-state index contributed by atoms with van der Waals surface area (Å²) in [6, 6.07) is 5.28. The average molecular weight is 324 g/mol. The van der Waals surface area contributed by atoms with E-state index in [-0.39, 0.29) is 0 Å². The monoisotopic (exact) mass is 324 g/mol. The Hall–Kier alpha value is -0.980. The van der Waals surface area contributed by atoms with E-state index in [0.29, 0.717) is 23.9 Å². The molecule has 0 saturated carbocycles. The quantitative estimate of drug-likeness (QED) is 0.863. The molecule has 0 radical (unpaired) electrons. The maximum Gasteiger partial charge on any atom is 0.243 e. The third-order valence-electron chi connectivity index (χ3n) is 4.34. The fraction of sp³-hybridized carbons (Fsp3) is 0.467. The van der Waals surface area contributed by atoms with Crippen LogP contribution in [0.15, 0.2) is 29.3 Å². The van der Waals surface area contributed by atoms with Crippen LogP contribution in [0.4, 0.5) is 0 Å². The average Bonchev–Trinajstić information content (AvgIpc) is 2.74. The zero-order valence-electron chi connectivity index (χ0n) is 12.3. The molecule has 2 aromatic rings. The number of aryl methyl sites for hydroxylation is 1. The van der Waals surface area contributed by atoms with Crippen LogP contribution in [-0.4, -0.2) is 29.8 Å². The zero-order chi connectivity index (χ0) is 15.2. The fourth-order valence-electron chi connectivity index (χ4n) is 2.89. The van der Waals surface area contributed by atoms with Crippen molar-refractivity contribution in [3.8, 4) is 0 Å². The molecule has 1 fully saturated rings. The SMILES string of the molecule is Cc1cn(S)c2ccc(S(=O)(=O)N3CCC(C)CC3)cc12. The van der Waals surface area contributed by atoms with Gasteiger partial charge in [-0.1, -0.05) is 19.7 Å². The summed E-state index contributed by atoms with van der Waals surface area (Å²) in [5, 5.41) is 0.941. The number of fused-ring (bicyclic) bond motifs is 1. The van der Waals surface area contributed by atoms with E-state index in [2.05, 4.69) is 19.7 Å². The van der Waals surface area contributed by atoms with Gasteiger partial charge >= 0.3 is 0 Å². The molecule has 2 heterocycles. The molecule has 0 N–H and O–H groups in total. The van der Waals surface area contributed by atoms with Crippen molar-refractivity contribution < 1.29 is 8.42 Å². The Morgan fingerprint density at radius 2 is 1.90 bits per heavy atom. The second-order valence-corrected chi connectivity index (χ2v) is 8.29. The number of sulfonamides is 1. The Balaban J connectivity index is 2.01. The number of aromatic nitrogens is 1. The minimum absolute atomic E-state index is 0.382. The first kappa shape index (κ1) is 14.9. The summed E-state index contributed by atoms with van der Waals surface area (Å²) in [5.41, 5.74) is 1.96. The van der Waals surface area contributed by atoms with E-state index in [1.165, 1.54) is 0 Å². The summed E-state index contributed by atoms with van der Waals surface area (Å²) in [4.78, 5) is 0.382. The van der Waals surface area contributed by atoms with Crippen LogP contribution in [-0.2, 0) is 10.0 Å². The first-order valence-electron chi connectivity index (χ1n) is 7.20. The fourth-order valence-corrected chi connectivity index (χ4v) is 4.73. The Morgan fingerprint density at radius 1 is 1.24 bits per heavy atom. The van der Waals surface area contributed by atoms with E-state index in [4.69, 9.17) is 0 Å². The van der Waals surface area contributed by atoms with Crippen molar-refractivity contribution >= 4 is 33.7 Å². The van der Waals surface area contributed by atoms with Gasteiger partial charge in [0.2, 0.25) is 10.0 Å². The van der Waals surface area contributed by atoms with Crippen molar-refractivity contribution in [2.24, 2.45) is 5.92 Å². The molecule has 21 heavy (non-hydrogen) atoms. The van der Waals surface area contributed by atoms with Gasteiger partial charge in [0.1, 0.15) is 0 Å². The molecule has 0 atom stereocenters. The van der Waals surface area contributed by atoms with Gasteiger partial charge in [-0.15, -0.1) is 0 Å². The van der Waals surface area contributed by atoms with Gasteiger partial charge in [0.05, 0.1) is 10.4 Å². The lowest BCUT2D eigenvalue weighted by Gasteiger charge is -2.29. The number of rotatable bonds is 2. The van der Waals surface area contributed by atoms with Crippen molar-refractivity contribution in [1.82, 2.24) is 8.28 Å². The van der Waals surface area contributed by atoms with Crippen molar-refractivity contribution in [2.75, 3.05) is 13.1 Å². The molecular formula is C15H20N2O2S2. The van der Waals surface area contributed by atoms with Gasteiger partial charge in [0.15, 0.2) is 0 Å². The molecule has 1 aromatic carbocycles. The van der Waals surface area contributed by atoms with Crippen molar-refractivity contribution in [3.05, 3.63) is 30.0 Å². The molecule has 1 aliphatic heterocycles. The molecule has 0 spiro atoms. The molecular weight excluding hydrogens is 304 g/mol. The highest BCUT2D eigenvalue weighted by molar-refractivity contribution is 7.89. The van der Waals surface area contributed by atoms with Gasteiger partial charge in [0, 0.05) is 24.7 Å². The second kappa shape index (κ2) is 5.34. The van der Waals surface area contributed by atoms with Crippen LogP contribution in [0, 0.1) is 12.8 Å². The first-order valence-corrected chi connectivity index (χ1v) is 9.04. The van der Waals surface area contributed by atoms with Crippen LogP contribution in [0.25, 0.3) is 10.9 Å². The van der Waals surface area contributed by atoms with Crippen LogP contribution in [0.5, 0.6) is 0 Å². The molecule has 0 aliphatic carbocycles. The summed E-state index contributed by atoms with van der Waals surface area (Å²) in [7, 11) is -3.39. The van der Waals surface area contributed by atoms with E-state index in [0.717, 1.165) is 29.3 Å². The normalized spacial score (nSPS) is 18.4. The zero-order valence-corrected chi connectivity index (χ0v) is 14.0. The van der Waals surface area contributed by atoms with E-state index in [1.807, 2.05) is 19.2 Å². The van der Waals surface area contributed by atoms with Crippen LogP contribution in [0.3, 0.4) is 0 Å². The van der Waals surface area contributed by atoms with E-state index >= 15 is 0 Å².